The van der Waals surface area contributed by atoms with Gasteiger partial charge in [0.15, 0.2) is 0 Å². The van der Waals surface area contributed by atoms with Crippen LogP contribution in [0.5, 0.6) is 0 Å². The normalized spacial score (nSPS) is 13.8. The first-order chi connectivity index (χ1) is 7.91. The molecular weight excluding hydrogens is 335 g/mol. The van der Waals surface area contributed by atoms with Crippen LogP contribution in [0.3, 0.4) is 0 Å². The van der Waals surface area contributed by atoms with E-state index in [9.17, 15) is 30.7 Å². The van der Waals surface area contributed by atoms with Gasteiger partial charge in [-0.1, -0.05) is 6.07 Å². The highest BCUT2D eigenvalue weighted by atomic mass is 79.9. The summed E-state index contributed by atoms with van der Waals surface area (Å²) in [6.45, 7) is 0. The molecule has 9 heteroatoms. The van der Waals surface area contributed by atoms with Crippen LogP contribution in [0.15, 0.2) is 22.7 Å². The van der Waals surface area contributed by atoms with Crippen molar-refractivity contribution in [2.75, 3.05) is 5.73 Å². The van der Waals surface area contributed by atoms with Crippen LogP contribution in [0, 0.1) is 0 Å². The minimum Gasteiger partial charge on any atom is -0.398 e. The van der Waals surface area contributed by atoms with E-state index in [-0.39, 0.29) is 10.2 Å². The maximum absolute atomic E-state index is 13.5. The zero-order valence-corrected chi connectivity index (χ0v) is 9.92. The predicted molar refractivity (Wildman–Crippen MR) is 53.5 cm³/mol. The van der Waals surface area contributed by atoms with E-state index in [1.807, 2.05) is 0 Å². The Kier molecular flexibility index (Phi) is 3.59. The van der Waals surface area contributed by atoms with Crippen LogP contribution in [0.4, 0.5) is 36.4 Å². The van der Waals surface area contributed by atoms with Crippen molar-refractivity contribution in [3.8, 4) is 0 Å². The molecule has 0 atom stereocenters. The molecular formula is C9H5BrF7N. The lowest BCUT2D eigenvalue weighted by atomic mass is 9.94. The molecule has 1 rings (SSSR count). The van der Waals surface area contributed by atoms with Crippen molar-refractivity contribution in [2.45, 2.75) is 18.0 Å². The summed E-state index contributed by atoms with van der Waals surface area (Å²) in [7, 11) is 0. The zero-order chi connectivity index (χ0) is 14.4. The SMILES string of the molecule is Nc1ccc(C(F)(C(F)(F)F)C(F)(F)F)cc1Br. The number of rotatable bonds is 1. The lowest BCUT2D eigenvalue weighted by Crippen LogP contribution is -2.50. The summed E-state index contributed by atoms with van der Waals surface area (Å²) in [6.07, 6.45) is -12.2. The summed E-state index contributed by atoms with van der Waals surface area (Å²) in [5, 5.41) is 0. The van der Waals surface area contributed by atoms with Crippen molar-refractivity contribution in [2.24, 2.45) is 0 Å². The van der Waals surface area contributed by atoms with Crippen LogP contribution < -0.4 is 5.73 Å². The van der Waals surface area contributed by atoms with Crippen LogP contribution in [0.25, 0.3) is 0 Å². The molecule has 1 aromatic rings. The Morgan fingerprint density at radius 2 is 1.33 bits per heavy atom. The molecule has 0 saturated heterocycles. The third-order valence-corrected chi connectivity index (χ3v) is 2.87. The summed E-state index contributed by atoms with van der Waals surface area (Å²) < 4.78 is 87.5. The van der Waals surface area contributed by atoms with Gasteiger partial charge in [-0.05, 0) is 28.1 Å². The van der Waals surface area contributed by atoms with Crippen molar-refractivity contribution < 1.29 is 30.7 Å². The van der Waals surface area contributed by atoms with E-state index >= 15 is 0 Å². The molecule has 0 unspecified atom stereocenters. The number of hydrogen-bond acceptors (Lipinski definition) is 1. The molecule has 0 aliphatic heterocycles. The van der Waals surface area contributed by atoms with E-state index < -0.39 is 23.6 Å². The average molecular weight is 340 g/mol. The second-order valence-electron chi connectivity index (χ2n) is 3.39. The number of benzene rings is 1. The molecule has 102 valence electrons. The fourth-order valence-electron chi connectivity index (χ4n) is 1.23. The van der Waals surface area contributed by atoms with E-state index in [0.717, 1.165) is 6.07 Å². The lowest BCUT2D eigenvalue weighted by molar-refractivity contribution is -0.348. The third-order valence-electron chi connectivity index (χ3n) is 2.18. The molecule has 0 radical (unpaired) electrons. The van der Waals surface area contributed by atoms with Gasteiger partial charge in [0, 0.05) is 15.7 Å². The molecule has 0 amide bonds. The highest BCUT2D eigenvalue weighted by molar-refractivity contribution is 9.10. The number of anilines is 1. The lowest BCUT2D eigenvalue weighted by Gasteiger charge is -2.30. The molecule has 18 heavy (non-hydrogen) atoms. The van der Waals surface area contributed by atoms with Crippen LogP contribution >= 0.6 is 15.9 Å². The highest BCUT2D eigenvalue weighted by Crippen LogP contribution is 2.53. The largest absolute Gasteiger partial charge is 0.435 e. The minimum absolute atomic E-state index is 0.106. The first-order valence-electron chi connectivity index (χ1n) is 4.29. The number of alkyl halides is 7. The summed E-state index contributed by atoms with van der Waals surface area (Å²) in [6, 6.07) is 1.46. The van der Waals surface area contributed by atoms with E-state index in [4.69, 9.17) is 5.73 Å². The van der Waals surface area contributed by atoms with Crippen molar-refractivity contribution in [1.82, 2.24) is 0 Å². The summed E-state index contributed by atoms with van der Waals surface area (Å²) >= 11 is 2.65. The van der Waals surface area contributed by atoms with E-state index in [1.54, 1.807) is 0 Å². The number of hydrogen-bond donors (Lipinski definition) is 1. The Bertz CT molecular complexity index is 437. The van der Waals surface area contributed by atoms with Crippen molar-refractivity contribution >= 4 is 21.6 Å². The van der Waals surface area contributed by atoms with Crippen LogP contribution in [-0.2, 0) is 5.67 Å². The smallest absolute Gasteiger partial charge is 0.398 e. The van der Waals surface area contributed by atoms with Gasteiger partial charge in [-0.2, -0.15) is 26.3 Å². The quantitative estimate of drug-likeness (QED) is 0.598. The molecule has 1 nitrogen and oxygen atoms in total. The van der Waals surface area contributed by atoms with Gasteiger partial charge in [0.05, 0.1) is 0 Å². The van der Waals surface area contributed by atoms with Gasteiger partial charge in [-0.3, -0.25) is 0 Å². The zero-order valence-electron chi connectivity index (χ0n) is 8.33. The van der Waals surface area contributed by atoms with Gasteiger partial charge in [-0.25, -0.2) is 4.39 Å². The number of halogens is 8. The molecule has 1 aromatic carbocycles. The molecule has 0 aliphatic rings. The van der Waals surface area contributed by atoms with Gasteiger partial charge < -0.3 is 5.73 Å². The van der Waals surface area contributed by atoms with E-state index in [2.05, 4.69) is 15.9 Å². The Morgan fingerprint density at radius 3 is 1.67 bits per heavy atom. The second kappa shape index (κ2) is 4.29. The molecule has 2 N–H and O–H groups in total. The Hall–Kier alpha value is -0.990. The third kappa shape index (κ3) is 2.27. The fraction of sp³-hybridized carbons (Fsp3) is 0.333. The molecule has 0 saturated carbocycles. The summed E-state index contributed by atoms with van der Waals surface area (Å²) in [5.74, 6) is 0. The second-order valence-corrected chi connectivity index (χ2v) is 4.24. The molecule has 0 aromatic heterocycles. The predicted octanol–water partition coefficient (Wildman–Crippen LogP) is 4.32. The van der Waals surface area contributed by atoms with Gasteiger partial charge >= 0.3 is 18.0 Å². The minimum atomic E-state index is -6.12. The van der Waals surface area contributed by atoms with Crippen LogP contribution in [0.2, 0.25) is 0 Å². The van der Waals surface area contributed by atoms with Gasteiger partial charge in [0.2, 0.25) is 0 Å². The standard InChI is InChI=1S/C9H5BrF7N/c10-5-3-4(1-2-6(5)18)7(11,8(12,13)14)9(15,16)17/h1-3H,18H2. The maximum Gasteiger partial charge on any atom is 0.435 e. The average Bonchev–Trinajstić information content (AvgIpc) is 2.17. The van der Waals surface area contributed by atoms with Crippen molar-refractivity contribution in [3.05, 3.63) is 28.2 Å². The highest BCUT2D eigenvalue weighted by Gasteiger charge is 2.73. The van der Waals surface area contributed by atoms with Crippen LogP contribution in [0.1, 0.15) is 5.56 Å². The van der Waals surface area contributed by atoms with Crippen molar-refractivity contribution in [3.63, 3.8) is 0 Å². The van der Waals surface area contributed by atoms with Crippen LogP contribution in [-0.4, -0.2) is 12.4 Å². The summed E-state index contributed by atoms with van der Waals surface area (Å²) in [4.78, 5) is 0. The van der Waals surface area contributed by atoms with Gasteiger partial charge in [-0.15, -0.1) is 0 Å². The number of nitrogen functional groups attached to an aromatic ring is 1. The topological polar surface area (TPSA) is 26.0 Å². The maximum atomic E-state index is 13.5. The fourth-order valence-corrected chi connectivity index (χ4v) is 1.61. The Balaban J connectivity index is 3.51. The molecule has 0 bridgehead atoms. The van der Waals surface area contributed by atoms with E-state index in [1.165, 1.54) is 0 Å². The number of nitrogens with two attached hydrogens (primary N) is 1. The molecule has 0 heterocycles. The molecule has 0 fully saturated rings. The monoisotopic (exact) mass is 339 g/mol. The Labute approximate surface area is 105 Å². The van der Waals surface area contributed by atoms with Gasteiger partial charge in [0.1, 0.15) is 0 Å². The van der Waals surface area contributed by atoms with Crippen molar-refractivity contribution in [1.29, 1.82) is 0 Å². The van der Waals surface area contributed by atoms with E-state index in [0.29, 0.717) is 12.1 Å². The van der Waals surface area contributed by atoms with Gasteiger partial charge in [0.25, 0.3) is 0 Å². The molecule has 0 aliphatic carbocycles. The first-order valence-corrected chi connectivity index (χ1v) is 5.08. The summed E-state index contributed by atoms with van der Waals surface area (Å²) in [5.41, 5.74) is -1.90. The first kappa shape index (κ1) is 15.1. The molecule has 0 spiro atoms. The Morgan fingerprint density at radius 1 is 0.889 bits per heavy atom.